The van der Waals surface area contributed by atoms with Gasteiger partial charge in [0.25, 0.3) is 0 Å². The van der Waals surface area contributed by atoms with Crippen molar-refractivity contribution in [1.82, 2.24) is 15.0 Å². The van der Waals surface area contributed by atoms with Crippen molar-refractivity contribution in [3.63, 3.8) is 0 Å². The van der Waals surface area contributed by atoms with Crippen molar-refractivity contribution in [1.29, 1.82) is 0 Å². The van der Waals surface area contributed by atoms with Gasteiger partial charge in [0.05, 0.1) is 30.6 Å². The van der Waals surface area contributed by atoms with Gasteiger partial charge in [0, 0.05) is 5.56 Å². The van der Waals surface area contributed by atoms with Gasteiger partial charge in [-0.3, -0.25) is 0 Å². The Kier molecular flexibility index (Phi) is 1.54. The van der Waals surface area contributed by atoms with Gasteiger partial charge in [0.2, 0.25) is 0 Å². The number of rotatable bonds is 0. The Morgan fingerprint density at radius 1 is 1.29 bits per heavy atom. The number of hydrogen-bond acceptors (Lipinski definition) is 3. The minimum atomic E-state index is 0.726. The van der Waals surface area contributed by atoms with Crippen molar-refractivity contribution in [3.8, 4) is 11.3 Å². The summed E-state index contributed by atoms with van der Waals surface area (Å²) in [5.41, 5.74) is 9.68. The third-order valence-electron chi connectivity index (χ3n) is 2.39. The predicted molar refractivity (Wildman–Crippen MR) is 54.4 cm³/mol. The number of anilines is 1. The van der Waals surface area contributed by atoms with E-state index in [9.17, 15) is 0 Å². The Morgan fingerprint density at radius 2 is 2.21 bits per heavy atom. The van der Waals surface area contributed by atoms with Crippen LogP contribution in [0.4, 0.5) is 5.69 Å². The molecule has 1 aromatic heterocycles. The molecule has 4 heteroatoms. The Morgan fingerprint density at radius 3 is 3.21 bits per heavy atom. The lowest BCUT2D eigenvalue weighted by Crippen LogP contribution is -2.22. The third-order valence-corrected chi connectivity index (χ3v) is 2.39. The van der Waals surface area contributed by atoms with Crippen molar-refractivity contribution < 1.29 is 0 Å². The van der Waals surface area contributed by atoms with Crippen molar-refractivity contribution in [2.24, 2.45) is 0 Å². The summed E-state index contributed by atoms with van der Waals surface area (Å²) in [6, 6.07) is 8.18. The topological polar surface area (TPSA) is 41.9 Å². The van der Waals surface area contributed by atoms with E-state index in [1.54, 1.807) is 0 Å². The van der Waals surface area contributed by atoms with E-state index in [-0.39, 0.29) is 0 Å². The molecule has 0 saturated carbocycles. The zero-order valence-corrected chi connectivity index (χ0v) is 7.57. The zero-order valence-electron chi connectivity index (χ0n) is 7.57. The minimum Gasteiger partial charge on any atom is -0.319 e. The summed E-state index contributed by atoms with van der Waals surface area (Å²) in [5.74, 6) is 0. The van der Waals surface area contributed by atoms with E-state index in [0.29, 0.717) is 0 Å². The fourth-order valence-electron chi connectivity index (χ4n) is 1.71. The maximum Gasteiger partial charge on any atom is 0.0962 e. The summed E-state index contributed by atoms with van der Waals surface area (Å²) in [5, 5.41) is 0. The van der Waals surface area contributed by atoms with Crippen LogP contribution in [0.1, 0.15) is 0 Å². The van der Waals surface area contributed by atoms with E-state index in [1.165, 1.54) is 5.56 Å². The molecule has 3 rings (SSSR count). The lowest BCUT2D eigenvalue weighted by molar-refractivity contribution is 0.623. The zero-order chi connectivity index (χ0) is 9.38. The molecule has 2 aromatic rings. The molecular formula is C10H10N4. The summed E-state index contributed by atoms with van der Waals surface area (Å²) in [6.07, 6.45) is 3.71. The Labute approximate surface area is 81.6 Å². The van der Waals surface area contributed by atoms with Gasteiger partial charge in [0.15, 0.2) is 0 Å². The van der Waals surface area contributed by atoms with Gasteiger partial charge in [-0.2, -0.15) is 0 Å². The average molecular weight is 186 g/mol. The summed E-state index contributed by atoms with van der Waals surface area (Å²) < 4.78 is 2.07. The first-order valence-corrected chi connectivity index (χ1v) is 4.53. The summed E-state index contributed by atoms with van der Waals surface area (Å²) in [7, 11) is 0. The van der Waals surface area contributed by atoms with E-state index >= 15 is 0 Å². The van der Waals surface area contributed by atoms with Gasteiger partial charge in [-0.05, 0) is 6.07 Å². The van der Waals surface area contributed by atoms with Crippen LogP contribution in [-0.2, 0) is 6.67 Å². The smallest absolute Gasteiger partial charge is 0.0962 e. The van der Waals surface area contributed by atoms with E-state index in [0.717, 1.165) is 18.1 Å². The Hall–Kier alpha value is -1.81. The molecule has 70 valence electrons. The van der Waals surface area contributed by atoms with Crippen LogP contribution in [0.25, 0.3) is 11.3 Å². The molecule has 0 bridgehead atoms. The molecule has 1 aromatic carbocycles. The molecule has 0 saturated heterocycles. The molecule has 0 fully saturated rings. The van der Waals surface area contributed by atoms with Gasteiger partial charge in [-0.15, -0.1) is 0 Å². The summed E-state index contributed by atoms with van der Waals surface area (Å²) >= 11 is 0. The molecule has 0 spiro atoms. The van der Waals surface area contributed by atoms with Crippen molar-refractivity contribution in [2.75, 3.05) is 5.43 Å². The average Bonchev–Trinajstić information content (AvgIpc) is 2.61. The molecule has 4 nitrogen and oxygen atoms in total. The highest BCUT2D eigenvalue weighted by molar-refractivity contribution is 5.75. The highest BCUT2D eigenvalue weighted by atomic mass is 15.4. The number of fused-ring (bicyclic) bond motifs is 3. The van der Waals surface area contributed by atoms with Gasteiger partial charge in [-0.1, -0.05) is 18.2 Å². The number of nitrogens with zero attached hydrogens (tertiary/aromatic N) is 2. The van der Waals surface area contributed by atoms with E-state index in [2.05, 4.69) is 26.5 Å². The molecule has 0 aliphatic carbocycles. The molecule has 2 N–H and O–H groups in total. The van der Waals surface area contributed by atoms with Crippen LogP contribution in [0.15, 0.2) is 36.8 Å². The molecule has 0 radical (unpaired) electrons. The second-order valence-corrected chi connectivity index (χ2v) is 3.25. The molecule has 1 aliphatic heterocycles. The Bertz CT molecular complexity index is 461. The lowest BCUT2D eigenvalue weighted by atomic mass is 10.1. The second kappa shape index (κ2) is 2.85. The maximum atomic E-state index is 4.14. The van der Waals surface area contributed by atoms with Crippen LogP contribution in [0.3, 0.4) is 0 Å². The Balaban J connectivity index is 2.27. The molecule has 0 unspecified atom stereocenters. The van der Waals surface area contributed by atoms with Crippen LogP contribution < -0.4 is 10.9 Å². The van der Waals surface area contributed by atoms with Gasteiger partial charge in [0.1, 0.15) is 0 Å². The second-order valence-electron chi connectivity index (χ2n) is 3.25. The molecule has 1 aliphatic rings. The molecular weight excluding hydrogens is 176 g/mol. The molecule has 0 atom stereocenters. The number of benzene rings is 1. The largest absolute Gasteiger partial charge is 0.319 e. The number of para-hydroxylation sites is 1. The number of hydrogen-bond donors (Lipinski definition) is 2. The van der Waals surface area contributed by atoms with Gasteiger partial charge in [-0.25, -0.2) is 10.4 Å². The van der Waals surface area contributed by atoms with E-state index < -0.39 is 0 Å². The number of imidazole rings is 1. The first-order chi connectivity index (χ1) is 6.95. The fraction of sp³-hybridized carbons (Fsp3) is 0.100. The van der Waals surface area contributed by atoms with Crippen LogP contribution in [0, 0.1) is 0 Å². The van der Waals surface area contributed by atoms with Gasteiger partial charge >= 0.3 is 0 Å². The maximum absolute atomic E-state index is 4.14. The fourth-order valence-corrected chi connectivity index (χ4v) is 1.71. The SMILES string of the molecule is c1ccc2c(c1)NNCn1cncc1-2. The number of aromatic nitrogens is 2. The normalized spacial score (nSPS) is 13.7. The van der Waals surface area contributed by atoms with Crippen LogP contribution in [0.5, 0.6) is 0 Å². The molecule has 2 heterocycles. The standard InChI is InChI=1S/C10H10N4/c1-2-4-9-8(3-1)10-5-11-6-14(10)7-12-13-9/h1-6,12-13H,7H2. The first kappa shape index (κ1) is 7.58. The van der Waals surface area contributed by atoms with Crippen LogP contribution >= 0.6 is 0 Å². The van der Waals surface area contributed by atoms with Gasteiger partial charge < -0.3 is 9.99 Å². The first-order valence-electron chi connectivity index (χ1n) is 4.53. The monoisotopic (exact) mass is 186 g/mol. The number of hydrazine groups is 1. The predicted octanol–water partition coefficient (Wildman–Crippen LogP) is 1.44. The van der Waals surface area contributed by atoms with Crippen LogP contribution in [-0.4, -0.2) is 9.55 Å². The third kappa shape index (κ3) is 1.01. The molecule has 14 heavy (non-hydrogen) atoms. The van der Waals surface area contributed by atoms with Crippen LogP contribution in [0.2, 0.25) is 0 Å². The van der Waals surface area contributed by atoms with E-state index in [4.69, 9.17) is 0 Å². The van der Waals surface area contributed by atoms with Crippen molar-refractivity contribution in [3.05, 3.63) is 36.8 Å². The molecule has 0 amide bonds. The number of nitrogens with one attached hydrogen (secondary N) is 2. The van der Waals surface area contributed by atoms with Crippen molar-refractivity contribution in [2.45, 2.75) is 6.67 Å². The minimum absolute atomic E-state index is 0.726. The highest BCUT2D eigenvalue weighted by Crippen LogP contribution is 2.28. The highest BCUT2D eigenvalue weighted by Gasteiger charge is 2.11. The summed E-state index contributed by atoms with van der Waals surface area (Å²) in [4.78, 5) is 4.14. The quantitative estimate of drug-likeness (QED) is 0.654. The summed E-state index contributed by atoms with van der Waals surface area (Å²) in [6.45, 7) is 0.726. The van der Waals surface area contributed by atoms with Crippen molar-refractivity contribution >= 4 is 5.69 Å². The lowest BCUT2D eigenvalue weighted by Gasteiger charge is -2.05. The van der Waals surface area contributed by atoms with E-state index in [1.807, 2.05) is 30.7 Å².